The van der Waals surface area contributed by atoms with E-state index in [0.717, 1.165) is 0 Å². The van der Waals surface area contributed by atoms with Gasteiger partial charge < -0.3 is 9.84 Å². The number of carbonyl (C=O) groups is 1. The average molecular weight is 164 g/mol. The number of carboxylic acid groups (broad SMARTS) is 1. The minimum absolute atomic E-state index is 0.0184. The van der Waals surface area contributed by atoms with Gasteiger partial charge in [-0.05, 0) is 19.1 Å². The van der Waals surface area contributed by atoms with E-state index in [-0.39, 0.29) is 5.17 Å². The Morgan fingerprint density at radius 1 is 1.70 bits per heavy atom. The molecule has 0 saturated carbocycles. The van der Waals surface area contributed by atoms with Crippen molar-refractivity contribution in [1.29, 1.82) is 0 Å². The summed E-state index contributed by atoms with van der Waals surface area (Å²) in [5.74, 6) is 0. The standard InChI is InChI=1S/C4H8N2O3S/c1-2-9-4(10)6-5-3(7)8/h5H,2H2,1H3,(H,6,10)(H,7,8). The topological polar surface area (TPSA) is 70.6 Å². The first kappa shape index (κ1) is 8.96. The van der Waals surface area contributed by atoms with E-state index in [1.807, 2.05) is 5.43 Å². The second-order valence-electron chi connectivity index (χ2n) is 1.28. The van der Waals surface area contributed by atoms with E-state index in [9.17, 15) is 4.79 Å². The van der Waals surface area contributed by atoms with Crippen LogP contribution in [0.4, 0.5) is 4.79 Å². The molecular formula is C4H8N2O3S. The van der Waals surface area contributed by atoms with Crippen molar-refractivity contribution in [2.45, 2.75) is 6.92 Å². The highest BCUT2D eigenvalue weighted by molar-refractivity contribution is 7.80. The number of thiocarbonyl (C=S) groups is 1. The lowest BCUT2D eigenvalue weighted by Gasteiger charge is -2.05. The van der Waals surface area contributed by atoms with Gasteiger partial charge >= 0.3 is 6.09 Å². The van der Waals surface area contributed by atoms with Gasteiger partial charge in [-0.15, -0.1) is 0 Å². The molecule has 0 heterocycles. The molecule has 0 aliphatic carbocycles. The molecule has 1 amide bonds. The molecular weight excluding hydrogens is 156 g/mol. The van der Waals surface area contributed by atoms with Gasteiger partial charge in [0, 0.05) is 0 Å². The van der Waals surface area contributed by atoms with Crippen molar-refractivity contribution >= 4 is 23.5 Å². The minimum Gasteiger partial charge on any atom is -0.470 e. The summed E-state index contributed by atoms with van der Waals surface area (Å²) in [6.07, 6.45) is -1.21. The smallest absolute Gasteiger partial charge is 0.423 e. The predicted molar refractivity (Wildman–Crippen MR) is 38.5 cm³/mol. The van der Waals surface area contributed by atoms with Crippen molar-refractivity contribution in [2.75, 3.05) is 6.61 Å². The van der Waals surface area contributed by atoms with Gasteiger partial charge in [-0.3, -0.25) is 5.43 Å². The molecule has 0 aromatic rings. The van der Waals surface area contributed by atoms with Gasteiger partial charge in [0.15, 0.2) is 0 Å². The highest BCUT2D eigenvalue weighted by atomic mass is 32.1. The minimum atomic E-state index is -1.21. The summed E-state index contributed by atoms with van der Waals surface area (Å²) in [5, 5.41) is 8.06. The highest BCUT2D eigenvalue weighted by Gasteiger charge is 1.95. The summed E-state index contributed by atoms with van der Waals surface area (Å²) in [6, 6.07) is 0. The van der Waals surface area contributed by atoms with Gasteiger partial charge in [-0.2, -0.15) is 0 Å². The number of ether oxygens (including phenoxy) is 1. The molecule has 0 aliphatic rings. The van der Waals surface area contributed by atoms with Gasteiger partial charge in [0.1, 0.15) is 0 Å². The molecule has 0 fully saturated rings. The molecule has 0 saturated heterocycles. The van der Waals surface area contributed by atoms with E-state index in [2.05, 4.69) is 22.4 Å². The van der Waals surface area contributed by atoms with Crippen molar-refractivity contribution in [3.63, 3.8) is 0 Å². The van der Waals surface area contributed by atoms with Gasteiger partial charge in [0.2, 0.25) is 0 Å². The van der Waals surface area contributed by atoms with Crippen molar-refractivity contribution in [3.05, 3.63) is 0 Å². The van der Waals surface area contributed by atoms with Crippen LogP contribution in [0, 0.1) is 0 Å². The zero-order chi connectivity index (χ0) is 7.98. The lowest BCUT2D eigenvalue weighted by Crippen LogP contribution is -2.40. The molecule has 6 heteroatoms. The zero-order valence-corrected chi connectivity index (χ0v) is 6.20. The summed E-state index contributed by atoms with van der Waals surface area (Å²) in [5.41, 5.74) is 3.97. The van der Waals surface area contributed by atoms with E-state index in [0.29, 0.717) is 6.61 Å². The van der Waals surface area contributed by atoms with Crippen molar-refractivity contribution < 1.29 is 14.6 Å². The molecule has 0 radical (unpaired) electrons. The molecule has 0 bridgehead atoms. The third-order valence-corrected chi connectivity index (χ3v) is 0.767. The molecule has 0 unspecified atom stereocenters. The van der Waals surface area contributed by atoms with Crippen LogP contribution in [0.15, 0.2) is 0 Å². The van der Waals surface area contributed by atoms with Crippen LogP contribution in [0.2, 0.25) is 0 Å². The van der Waals surface area contributed by atoms with E-state index < -0.39 is 6.09 Å². The van der Waals surface area contributed by atoms with Crippen molar-refractivity contribution in [2.24, 2.45) is 0 Å². The highest BCUT2D eigenvalue weighted by Crippen LogP contribution is 1.73. The number of hydrogen-bond acceptors (Lipinski definition) is 3. The fourth-order valence-corrected chi connectivity index (χ4v) is 0.441. The number of amides is 1. The maximum atomic E-state index is 9.82. The van der Waals surface area contributed by atoms with Gasteiger partial charge in [-0.25, -0.2) is 10.2 Å². The normalized spacial score (nSPS) is 8.10. The SMILES string of the molecule is CCOC(=S)NNC(=O)O. The fourth-order valence-electron chi connectivity index (χ4n) is 0.272. The first-order valence-electron chi connectivity index (χ1n) is 2.58. The molecule has 0 rings (SSSR count). The van der Waals surface area contributed by atoms with Crippen molar-refractivity contribution in [1.82, 2.24) is 10.9 Å². The Bertz CT molecular complexity index is 138. The van der Waals surface area contributed by atoms with E-state index in [4.69, 9.17) is 5.11 Å². The van der Waals surface area contributed by atoms with E-state index in [1.54, 1.807) is 6.92 Å². The third kappa shape index (κ3) is 5.10. The Labute approximate surface area is 63.3 Å². The maximum absolute atomic E-state index is 9.82. The second-order valence-corrected chi connectivity index (χ2v) is 1.65. The van der Waals surface area contributed by atoms with Crippen molar-refractivity contribution in [3.8, 4) is 0 Å². The Kier molecular flexibility index (Phi) is 4.30. The number of nitrogens with one attached hydrogen (secondary N) is 2. The predicted octanol–water partition coefficient (Wildman–Crippen LogP) is 0.0800. The lowest BCUT2D eigenvalue weighted by molar-refractivity contribution is 0.190. The molecule has 0 aromatic heterocycles. The van der Waals surface area contributed by atoms with E-state index >= 15 is 0 Å². The molecule has 0 aromatic carbocycles. The summed E-state index contributed by atoms with van der Waals surface area (Å²) in [4.78, 5) is 9.82. The summed E-state index contributed by atoms with van der Waals surface area (Å²) >= 11 is 4.51. The third-order valence-electron chi connectivity index (χ3n) is 0.547. The summed E-state index contributed by atoms with van der Waals surface area (Å²) in [6.45, 7) is 2.15. The maximum Gasteiger partial charge on any atom is 0.423 e. The number of rotatable bonds is 1. The van der Waals surface area contributed by atoms with Crippen LogP contribution in [0.1, 0.15) is 6.92 Å². The molecule has 3 N–H and O–H groups in total. The largest absolute Gasteiger partial charge is 0.470 e. The molecule has 58 valence electrons. The van der Waals surface area contributed by atoms with E-state index in [1.165, 1.54) is 0 Å². The number of hydrogen-bond donors (Lipinski definition) is 3. The molecule has 0 aliphatic heterocycles. The summed E-state index contributed by atoms with van der Waals surface area (Å²) < 4.78 is 4.69. The van der Waals surface area contributed by atoms with Gasteiger partial charge in [0.05, 0.1) is 6.61 Å². The van der Waals surface area contributed by atoms with Crippen LogP contribution in [0.3, 0.4) is 0 Å². The molecule has 0 atom stereocenters. The van der Waals surface area contributed by atoms with Gasteiger partial charge in [-0.1, -0.05) is 0 Å². The Balaban J connectivity index is 3.30. The average Bonchev–Trinajstić information content (AvgIpc) is 1.85. The van der Waals surface area contributed by atoms with Crippen LogP contribution < -0.4 is 10.9 Å². The molecule has 10 heavy (non-hydrogen) atoms. The van der Waals surface area contributed by atoms with Gasteiger partial charge in [0.25, 0.3) is 5.17 Å². The lowest BCUT2D eigenvalue weighted by atomic mass is 10.9. The quantitative estimate of drug-likeness (QED) is 0.378. The first-order chi connectivity index (χ1) is 4.66. The van der Waals surface area contributed by atoms with Crippen LogP contribution >= 0.6 is 12.2 Å². The molecule has 0 spiro atoms. The number of hydrazine groups is 1. The van der Waals surface area contributed by atoms with Crippen LogP contribution in [0.5, 0.6) is 0 Å². The monoisotopic (exact) mass is 164 g/mol. The zero-order valence-electron chi connectivity index (χ0n) is 5.38. The van der Waals surface area contributed by atoms with Crippen LogP contribution in [0.25, 0.3) is 0 Å². The summed E-state index contributed by atoms with van der Waals surface area (Å²) in [7, 11) is 0. The first-order valence-corrected chi connectivity index (χ1v) is 2.99. The second kappa shape index (κ2) is 4.80. The Morgan fingerprint density at radius 2 is 2.30 bits per heavy atom. The van der Waals surface area contributed by atoms with Crippen LogP contribution in [-0.2, 0) is 4.74 Å². The Morgan fingerprint density at radius 3 is 2.70 bits per heavy atom. The van der Waals surface area contributed by atoms with Crippen LogP contribution in [-0.4, -0.2) is 23.0 Å². The Hall–Kier alpha value is -1.04. The fraction of sp³-hybridized carbons (Fsp3) is 0.500. The molecule has 5 nitrogen and oxygen atoms in total.